The Morgan fingerprint density at radius 1 is 1.37 bits per heavy atom. The lowest BCUT2D eigenvalue weighted by Gasteiger charge is -2.17. The van der Waals surface area contributed by atoms with E-state index in [0.29, 0.717) is 5.15 Å². The van der Waals surface area contributed by atoms with Crippen LogP contribution in [0, 0.1) is 6.92 Å². The fraction of sp³-hybridized carbons (Fsp3) is 0.462. The summed E-state index contributed by atoms with van der Waals surface area (Å²) in [5, 5.41) is 3.89. The predicted octanol–water partition coefficient (Wildman–Crippen LogP) is 3.29. The molecule has 0 bridgehead atoms. The van der Waals surface area contributed by atoms with Crippen LogP contribution in [0.1, 0.15) is 43.5 Å². The van der Waals surface area contributed by atoms with Crippen molar-refractivity contribution in [3.8, 4) is 0 Å². The number of aromatic amines is 1. The standard InChI is InChI=1S/C13H18ClN5/c1-4-9(13-15-6-7-16-13)17-12-8(3)11(14)18-10(5-2)19-12/h6-7,9H,4-5H2,1-3H3,(H,15,16)(H,17,18,19). The smallest absolute Gasteiger partial charge is 0.137 e. The number of imidazole rings is 1. The summed E-state index contributed by atoms with van der Waals surface area (Å²) in [5.74, 6) is 2.42. The van der Waals surface area contributed by atoms with Gasteiger partial charge in [0, 0.05) is 24.4 Å². The summed E-state index contributed by atoms with van der Waals surface area (Å²) in [4.78, 5) is 16.1. The van der Waals surface area contributed by atoms with Crippen molar-refractivity contribution in [2.75, 3.05) is 5.32 Å². The highest BCUT2D eigenvalue weighted by molar-refractivity contribution is 6.30. The van der Waals surface area contributed by atoms with Gasteiger partial charge < -0.3 is 10.3 Å². The van der Waals surface area contributed by atoms with Crippen molar-refractivity contribution < 1.29 is 0 Å². The van der Waals surface area contributed by atoms with Crippen molar-refractivity contribution in [3.05, 3.63) is 34.8 Å². The van der Waals surface area contributed by atoms with Gasteiger partial charge in [0.2, 0.25) is 0 Å². The zero-order chi connectivity index (χ0) is 13.8. The molecule has 5 nitrogen and oxygen atoms in total. The van der Waals surface area contributed by atoms with Crippen molar-refractivity contribution in [2.24, 2.45) is 0 Å². The van der Waals surface area contributed by atoms with Crippen LogP contribution in [0.2, 0.25) is 5.15 Å². The number of nitrogens with one attached hydrogen (secondary N) is 2. The minimum Gasteiger partial charge on any atom is -0.360 e. The van der Waals surface area contributed by atoms with Gasteiger partial charge >= 0.3 is 0 Å². The molecule has 0 amide bonds. The molecule has 0 radical (unpaired) electrons. The molecule has 102 valence electrons. The lowest BCUT2D eigenvalue weighted by molar-refractivity contribution is 0.697. The number of hydrogen-bond donors (Lipinski definition) is 2. The molecule has 1 unspecified atom stereocenters. The molecule has 2 N–H and O–H groups in total. The molecule has 2 aromatic rings. The molecular formula is C13H18ClN5. The maximum absolute atomic E-state index is 6.13. The summed E-state index contributed by atoms with van der Waals surface area (Å²) in [6.07, 6.45) is 5.22. The van der Waals surface area contributed by atoms with Crippen molar-refractivity contribution in [2.45, 2.75) is 39.7 Å². The molecule has 2 rings (SSSR count). The van der Waals surface area contributed by atoms with Crippen LogP contribution in [0.25, 0.3) is 0 Å². The molecule has 0 spiro atoms. The number of hydrogen-bond acceptors (Lipinski definition) is 4. The SMILES string of the molecule is CCc1nc(Cl)c(C)c(NC(CC)c2ncc[nH]2)n1. The molecular weight excluding hydrogens is 262 g/mol. The largest absolute Gasteiger partial charge is 0.360 e. The van der Waals surface area contributed by atoms with Crippen molar-refractivity contribution in [1.82, 2.24) is 19.9 Å². The molecule has 0 aliphatic carbocycles. The number of halogens is 1. The zero-order valence-corrected chi connectivity index (χ0v) is 12.1. The molecule has 1 atom stereocenters. The Morgan fingerprint density at radius 2 is 2.16 bits per heavy atom. The van der Waals surface area contributed by atoms with E-state index in [9.17, 15) is 0 Å². The van der Waals surface area contributed by atoms with Crippen molar-refractivity contribution in [1.29, 1.82) is 0 Å². The summed E-state index contributed by atoms with van der Waals surface area (Å²) in [6, 6.07) is 0.0874. The second-order valence-electron chi connectivity index (χ2n) is 4.34. The van der Waals surface area contributed by atoms with Crippen LogP contribution in [0.5, 0.6) is 0 Å². The van der Waals surface area contributed by atoms with Gasteiger partial charge in [0.15, 0.2) is 0 Å². The highest BCUT2D eigenvalue weighted by atomic mass is 35.5. The number of aryl methyl sites for hydroxylation is 1. The van der Waals surface area contributed by atoms with Crippen LogP contribution in [-0.2, 0) is 6.42 Å². The summed E-state index contributed by atoms with van der Waals surface area (Å²) in [7, 11) is 0. The van der Waals surface area contributed by atoms with E-state index in [1.54, 1.807) is 6.20 Å². The van der Waals surface area contributed by atoms with Gasteiger partial charge in [0.1, 0.15) is 22.6 Å². The highest BCUT2D eigenvalue weighted by Crippen LogP contribution is 2.25. The highest BCUT2D eigenvalue weighted by Gasteiger charge is 2.15. The molecule has 0 aliphatic heterocycles. The van der Waals surface area contributed by atoms with Gasteiger partial charge in [-0.05, 0) is 13.3 Å². The summed E-state index contributed by atoms with van der Waals surface area (Å²) in [5.41, 5.74) is 0.865. The van der Waals surface area contributed by atoms with Crippen LogP contribution in [-0.4, -0.2) is 19.9 Å². The first kappa shape index (κ1) is 13.8. The van der Waals surface area contributed by atoms with E-state index in [1.807, 2.05) is 20.0 Å². The average Bonchev–Trinajstić information content (AvgIpc) is 2.94. The monoisotopic (exact) mass is 279 g/mol. The lowest BCUT2D eigenvalue weighted by atomic mass is 10.2. The number of anilines is 1. The average molecular weight is 280 g/mol. The zero-order valence-electron chi connectivity index (χ0n) is 11.4. The third-order valence-electron chi connectivity index (χ3n) is 3.02. The number of aromatic nitrogens is 4. The van der Waals surface area contributed by atoms with E-state index in [4.69, 9.17) is 11.6 Å². The van der Waals surface area contributed by atoms with Gasteiger partial charge in [-0.2, -0.15) is 0 Å². The Morgan fingerprint density at radius 3 is 2.74 bits per heavy atom. The Labute approximate surface area is 117 Å². The van der Waals surface area contributed by atoms with Crippen LogP contribution < -0.4 is 5.32 Å². The summed E-state index contributed by atoms with van der Waals surface area (Å²) < 4.78 is 0. The van der Waals surface area contributed by atoms with Crippen molar-refractivity contribution >= 4 is 17.4 Å². The quantitative estimate of drug-likeness (QED) is 0.824. The minimum absolute atomic E-state index is 0.0874. The van der Waals surface area contributed by atoms with E-state index in [-0.39, 0.29) is 6.04 Å². The van der Waals surface area contributed by atoms with Gasteiger partial charge in [-0.15, -0.1) is 0 Å². The van der Waals surface area contributed by atoms with E-state index in [2.05, 4.69) is 32.2 Å². The molecule has 6 heteroatoms. The second kappa shape index (κ2) is 6.02. The third-order valence-corrected chi connectivity index (χ3v) is 3.39. The van der Waals surface area contributed by atoms with Gasteiger partial charge in [0.05, 0.1) is 6.04 Å². The van der Waals surface area contributed by atoms with Gasteiger partial charge in [-0.1, -0.05) is 25.4 Å². The third kappa shape index (κ3) is 3.04. The summed E-state index contributed by atoms with van der Waals surface area (Å²) in [6.45, 7) is 6.02. The van der Waals surface area contributed by atoms with E-state index >= 15 is 0 Å². The van der Waals surface area contributed by atoms with Crippen LogP contribution in [0.3, 0.4) is 0 Å². The molecule has 2 aromatic heterocycles. The first-order valence-corrected chi connectivity index (χ1v) is 6.82. The van der Waals surface area contributed by atoms with Gasteiger partial charge in [-0.25, -0.2) is 15.0 Å². The summed E-state index contributed by atoms with van der Waals surface area (Å²) >= 11 is 6.13. The molecule has 19 heavy (non-hydrogen) atoms. The normalized spacial score (nSPS) is 12.4. The van der Waals surface area contributed by atoms with Gasteiger partial charge in [-0.3, -0.25) is 0 Å². The fourth-order valence-corrected chi connectivity index (χ4v) is 2.02. The molecule has 2 heterocycles. The maximum atomic E-state index is 6.13. The lowest BCUT2D eigenvalue weighted by Crippen LogP contribution is -2.14. The van der Waals surface area contributed by atoms with E-state index < -0.39 is 0 Å². The Balaban J connectivity index is 2.29. The second-order valence-corrected chi connectivity index (χ2v) is 4.70. The topological polar surface area (TPSA) is 66.5 Å². The maximum Gasteiger partial charge on any atom is 0.137 e. The molecule has 0 saturated carbocycles. The van der Waals surface area contributed by atoms with Crippen LogP contribution in [0.4, 0.5) is 5.82 Å². The first-order chi connectivity index (χ1) is 9.15. The molecule has 0 aliphatic rings. The van der Waals surface area contributed by atoms with Crippen molar-refractivity contribution in [3.63, 3.8) is 0 Å². The van der Waals surface area contributed by atoms with Gasteiger partial charge in [0.25, 0.3) is 0 Å². The number of nitrogens with zero attached hydrogens (tertiary/aromatic N) is 3. The number of rotatable bonds is 5. The van der Waals surface area contributed by atoms with Crippen LogP contribution >= 0.6 is 11.6 Å². The predicted molar refractivity (Wildman–Crippen MR) is 76.4 cm³/mol. The Bertz CT molecular complexity index is 538. The van der Waals surface area contributed by atoms with Crippen LogP contribution in [0.15, 0.2) is 12.4 Å². The van der Waals surface area contributed by atoms with E-state index in [1.165, 1.54) is 0 Å². The fourth-order valence-electron chi connectivity index (χ4n) is 1.83. The minimum atomic E-state index is 0.0874. The first-order valence-electron chi connectivity index (χ1n) is 6.44. The number of H-pyrrole nitrogens is 1. The Kier molecular flexibility index (Phi) is 4.37. The molecule has 0 fully saturated rings. The van der Waals surface area contributed by atoms with E-state index in [0.717, 1.165) is 35.9 Å². The molecule has 0 aromatic carbocycles. The Hall–Kier alpha value is -1.62. The molecule has 0 saturated heterocycles.